The summed E-state index contributed by atoms with van der Waals surface area (Å²) >= 11 is 0. The molecule has 1 aliphatic heterocycles. The number of benzene rings is 1. The minimum atomic E-state index is -0.126. The van der Waals surface area contributed by atoms with Gasteiger partial charge in [0.05, 0.1) is 0 Å². The number of amides is 1. The molecule has 3 heteroatoms. The molecule has 0 radical (unpaired) electrons. The first-order valence-corrected chi connectivity index (χ1v) is 12.0. The van der Waals surface area contributed by atoms with Crippen LogP contribution in [0.25, 0.3) is 6.08 Å². The monoisotopic (exact) mass is 409 g/mol. The third-order valence-electron chi connectivity index (χ3n) is 10.0. The van der Waals surface area contributed by atoms with Gasteiger partial charge in [-0.1, -0.05) is 44.2 Å². The summed E-state index contributed by atoms with van der Waals surface area (Å²) in [7, 11) is 2.04. The summed E-state index contributed by atoms with van der Waals surface area (Å²) in [6.45, 7) is 5.01. The van der Waals surface area contributed by atoms with Crippen molar-refractivity contribution in [2.24, 2.45) is 34.5 Å². The predicted octanol–water partition coefficient (Wildman–Crippen LogP) is 6.32. The van der Waals surface area contributed by atoms with Crippen molar-refractivity contribution in [1.29, 1.82) is 0 Å². The van der Waals surface area contributed by atoms with E-state index in [1.54, 1.807) is 12.1 Å². The number of rotatable bonds is 2. The number of halogens is 1. The van der Waals surface area contributed by atoms with Gasteiger partial charge in [0.15, 0.2) is 0 Å². The van der Waals surface area contributed by atoms with Crippen molar-refractivity contribution in [3.05, 3.63) is 41.7 Å². The summed E-state index contributed by atoms with van der Waals surface area (Å²) in [6.07, 6.45) is 13.7. The molecule has 0 N–H and O–H groups in total. The molecular formula is C27H36FNO. The average molecular weight is 410 g/mol. The molecule has 1 amide bonds. The van der Waals surface area contributed by atoms with Crippen LogP contribution >= 0.6 is 0 Å². The molecule has 3 saturated carbocycles. The normalized spacial score (nSPS) is 43.4. The van der Waals surface area contributed by atoms with Crippen LogP contribution in [0.2, 0.25) is 0 Å². The van der Waals surface area contributed by atoms with Gasteiger partial charge in [-0.05, 0) is 85.5 Å². The van der Waals surface area contributed by atoms with Crippen LogP contribution in [0.3, 0.4) is 0 Å². The molecule has 3 aliphatic carbocycles. The van der Waals surface area contributed by atoms with Gasteiger partial charge in [-0.15, -0.1) is 0 Å². The first-order valence-electron chi connectivity index (χ1n) is 12.0. The van der Waals surface area contributed by atoms with Gasteiger partial charge in [-0.3, -0.25) is 4.79 Å². The highest BCUT2D eigenvalue weighted by atomic mass is 19.1. The number of nitrogens with zero attached hydrogens (tertiary/aromatic N) is 1. The number of carbonyl (C=O) groups is 1. The number of hydrogen-bond donors (Lipinski definition) is 0. The second-order valence-corrected chi connectivity index (χ2v) is 11.1. The molecule has 30 heavy (non-hydrogen) atoms. The molecule has 0 bridgehead atoms. The van der Waals surface area contributed by atoms with Crippen LogP contribution in [-0.2, 0) is 4.79 Å². The Kier molecular flexibility index (Phi) is 4.87. The van der Waals surface area contributed by atoms with Crippen LogP contribution in [-0.4, -0.2) is 23.9 Å². The van der Waals surface area contributed by atoms with Crippen LogP contribution in [0.15, 0.2) is 30.3 Å². The van der Waals surface area contributed by atoms with Gasteiger partial charge in [-0.25, -0.2) is 4.39 Å². The molecule has 7 atom stereocenters. The highest BCUT2D eigenvalue weighted by Gasteiger charge is 2.60. The Hall–Kier alpha value is -1.64. The lowest BCUT2D eigenvalue weighted by Crippen LogP contribution is -2.61. The van der Waals surface area contributed by atoms with E-state index in [0.29, 0.717) is 28.8 Å². The maximum Gasteiger partial charge on any atom is 0.222 e. The third kappa shape index (κ3) is 2.91. The quantitative estimate of drug-likeness (QED) is 0.560. The SMILES string of the molecule is CN1C(=O)CC[C@]2(C)[C@H]3CC[C@]4(C)[C@@H](/C=C/c5ccccc5F)CC[C@H]4[C@@H]3CC[C@@H]12. The number of fused-ring (bicyclic) bond motifs is 5. The second kappa shape index (κ2) is 7.21. The number of piperidine rings is 1. The standard InChI is InChI=1S/C27H36FNO/c1-26-16-14-22-20(11-13-24-27(22,2)17-15-25(30)29(24)3)21(26)12-10-19(26)9-8-18-6-4-5-7-23(18)28/h4-9,19-22,24H,10-17H2,1-3H3/b9-8+/t19-,20-,21-,22-,24+,26+,27+/m0/s1. The summed E-state index contributed by atoms with van der Waals surface area (Å²) in [6, 6.07) is 7.53. The van der Waals surface area contributed by atoms with Gasteiger partial charge in [0, 0.05) is 25.1 Å². The smallest absolute Gasteiger partial charge is 0.222 e. The van der Waals surface area contributed by atoms with Crippen molar-refractivity contribution < 1.29 is 9.18 Å². The highest BCUT2D eigenvalue weighted by molar-refractivity contribution is 5.77. The van der Waals surface area contributed by atoms with Gasteiger partial charge in [-0.2, -0.15) is 0 Å². The summed E-state index contributed by atoms with van der Waals surface area (Å²) in [5.41, 5.74) is 1.33. The Morgan fingerprint density at radius 1 is 1.00 bits per heavy atom. The van der Waals surface area contributed by atoms with Crippen LogP contribution in [0.1, 0.15) is 70.8 Å². The Morgan fingerprint density at radius 3 is 2.57 bits per heavy atom. The summed E-state index contributed by atoms with van der Waals surface area (Å²) in [5, 5.41) is 0. The molecule has 0 aromatic heterocycles. The fourth-order valence-electron chi connectivity index (χ4n) is 8.34. The van der Waals surface area contributed by atoms with Crippen molar-refractivity contribution in [1.82, 2.24) is 4.90 Å². The molecule has 1 heterocycles. The Bertz CT molecular complexity index is 864. The van der Waals surface area contributed by atoms with Crippen molar-refractivity contribution in [3.8, 4) is 0 Å². The fraction of sp³-hybridized carbons (Fsp3) is 0.667. The zero-order chi connectivity index (χ0) is 21.1. The van der Waals surface area contributed by atoms with Crippen LogP contribution in [0, 0.1) is 40.3 Å². The van der Waals surface area contributed by atoms with Gasteiger partial charge < -0.3 is 4.90 Å². The Balaban J connectivity index is 1.38. The lowest BCUT2D eigenvalue weighted by molar-refractivity contribution is -0.157. The van der Waals surface area contributed by atoms with E-state index in [2.05, 4.69) is 24.8 Å². The number of hydrogen-bond acceptors (Lipinski definition) is 1. The van der Waals surface area contributed by atoms with E-state index in [1.165, 1.54) is 38.5 Å². The van der Waals surface area contributed by atoms with Crippen molar-refractivity contribution in [2.75, 3.05) is 7.05 Å². The average Bonchev–Trinajstić information content (AvgIpc) is 3.07. The molecule has 4 fully saturated rings. The summed E-state index contributed by atoms with van der Waals surface area (Å²) < 4.78 is 14.1. The fourth-order valence-corrected chi connectivity index (χ4v) is 8.34. The van der Waals surface area contributed by atoms with E-state index >= 15 is 0 Å². The molecule has 5 rings (SSSR count). The summed E-state index contributed by atoms with van der Waals surface area (Å²) in [4.78, 5) is 14.4. The van der Waals surface area contributed by atoms with E-state index < -0.39 is 0 Å². The third-order valence-corrected chi connectivity index (χ3v) is 10.0. The number of allylic oxidation sites excluding steroid dienone is 1. The van der Waals surface area contributed by atoms with Crippen LogP contribution in [0.4, 0.5) is 4.39 Å². The first kappa shape index (κ1) is 20.3. The Labute approximate surface area is 180 Å². The summed E-state index contributed by atoms with van der Waals surface area (Å²) in [5.74, 6) is 3.07. The second-order valence-electron chi connectivity index (χ2n) is 11.1. The molecule has 1 aromatic rings. The zero-order valence-corrected chi connectivity index (χ0v) is 18.7. The molecule has 4 aliphatic rings. The van der Waals surface area contributed by atoms with Gasteiger partial charge >= 0.3 is 0 Å². The van der Waals surface area contributed by atoms with Gasteiger partial charge in [0.2, 0.25) is 5.91 Å². The highest BCUT2D eigenvalue weighted by Crippen LogP contribution is 2.66. The van der Waals surface area contributed by atoms with Crippen LogP contribution in [0.5, 0.6) is 0 Å². The molecule has 2 nitrogen and oxygen atoms in total. The van der Waals surface area contributed by atoms with Crippen molar-refractivity contribution >= 4 is 12.0 Å². The predicted molar refractivity (Wildman–Crippen MR) is 119 cm³/mol. The first-order chi connectivity index (χ1) is 14.3. The number of likely N-dealkylation sites (tertiary alicyclic amines) is 1. The molecule has 1 saturated heterocycles. The van der Waals surface area contributed by atoms with Crippen molar-refractivity contribution in [2.45, 2.75) is 71.3 Å². The topological polar surface area (TPSA) is 20.3 Å². The maximum absolute atomic E-state index is 14.1. The molecule has 162 valence electrons. The van der Waals surface area contributed by atoms with E-state index in [4.69, 9.17) is 0 Å². The zero-order valence-electron chi connectivity index (χ0n) is 18.7. The molecule has 0 spiro atoms. The lowest BCUT2D eigenvalue weighted by atomic mass is 9.47. The van der Waals surface area contributed by atoms with E-state index in [-0.39, 0.29) is 11.2 Å². The minimum Gasteiger partial charge on any atom is -0.342 e. The Morgan fingerprint density at radius 2 is 1.77 bits per heavy atom. The van der Waals surface area contributed by atoms with E-state index in [9.17, 15) is 9.18 Å². The largest absolute Gasteiger partial charge is 0.342 e. The minimum absolute atomic E-state index is 0.126. The molecular weight excluding hydrogens is 373 g/mol. The van der Waals surface area contributed by atoms with E-state index in [1.807, 2.05) is 25.3 Å². The van der Waals surface area contributed by atoms with Crippen LogP contribution < -0.4 is 0 Å². The maximum atomic E-state index is 14.1. The van der Waals surface area contributed by atoms with Gasteiger partial charge in [0.1, 0.15) is 5.82 Å². The lowest BCUT2D eigenvalue weighted by Gasteiger charge is -2.61. The van der Waals surface area contributed by atoms with Gasteiger partial charge in [0.25, 0.3) is 0 Å². The number of carbonyl (C=O) groups excluding carboxylic acids is 1. The van der Waals surface area contributed by atoms with E-state index in [0.717, 1.165) is 30.6 Å². The molecule has 1 aromatic carbocycles. The van der Waals surface area contributed by atoms with Crippen molar-refractivity contribution in [3.63, 3.8) is 0 Å². The molecule has 0 unspecified atom stereocenters.